The van der Waals surface area contributed by atoms with Crippen molar-refractivity contribution in [3.05, 3.63) is 60.2 Å². The van der Waals surface area contributed by atoms with E-state index in [-0.39, 0.29) is 36.0 Å². The molecule has 0 saturated carbocycles. The van der Waals surface area contributed by atoms with Crippen LogP contribution in [0, 0.1) is 11.7 Å². The monoisotopic (exact) mass is 369 g/mol. The molecule has 0 aliphatic carbocycles. The van der Waals surface area contributed by atoms with Crippen LogP contribution in [0.15, 0.2) is 48.8 Å². The number of carbonyl (C=O) groups is 2. The van der Waals surface area contributed by atoms with Crippen LogP contribution in [-0.2, 0) is 16.1 Å². The van der Waals surface area contributed by atoms with Gasteiger partial charge in [0.2, 0.25) is 11.8 Å². The predicted molar refractivity (Wildman–Crippen MR) is 95.2 cm³/mol. The number of aromatic nitrogens is 1. The third-order valence-electron chi connectivity index (χ3n) is 4.95. The van der Waals surface area contributed by atoms with E-state index in [0.29, 0.717) is 26.2 Å². The summed E-state index contributed by atoms with van der Waals surface area (Å²) in [5, 5.41) is 0. The fourth-order valence-electron chi connectivity index (χ4n) is 3.47. The molecule has 7 heteroatoms. The number of para-hydroxylation sites is 1. The molecule has 2 aromatic rings. The number of nitrogens with zero attached hydrogens (tertiary/aromatic N) is 3. The van der Waals surface area contributed by atoms with E-state index in [2.05, 4.69) is 4.98 Å². The highest BCUT2D eigenvalue weighted by Crippen LogP contribution is 2.26. The minimum Gasteiger partial charge on any atom is -0.484 e. The van der Waals surface area contributed by atoms with E-state index in [9.17, 15) is 14.0 Å². The van der Waals surface area contributed by atoms with Crippen molar-refractivity contribution < 1.29 is 18.7 Å². The maximum absolute atomic E-state index is 13.6. The third-order valence-corrected chi connectivity index (χ3v) is 4.95. The van der Waals surface area contributed by atoms with E-state index in [1.54, 1.807) is 40.4 Å². The summed E-state index contributed by atoms with van der Waals surface area (Å²) in [6.07, 6.45) is 3.43. The van der Waals surface area contributed by atoms with Crippen molar-refractivity contribution in [2.24, 2.45) is 5.92 Å². The highest BCUT2D eigenvalue weighted by atomic mass is 19.1. The fourth-order valence-corrected chi connectivity index (χ4v) is 3.47. The van der Waals surface area contributed by atoms with Crippen LogP contribution < -0.4 is 4.74 Å². The van der Waals surface area contributed by atoms with Gasteiger partial charge in [0.1, 0.15) is 6.10 Å². The Labute approximate surface area is 156 Å². The minimum atomic E-state index is -0.408. The Morgan fingerprint density at radius 3 is 2.74 bits per heavy atom. The Morgan fingerprint density at radius 2 is 2.00 bits per heavy atom. The fraction of sp³-hybridized carbons (Fsp3) is 0.350. The van der Waals surface area contributed by atoms with Crippen molar-refractivity contribution in [3.8, 4) is 5.75 Å². The second-order valence-corrected chi connectivity index (χ2v) is 6.95. The summed E-state index contributed by atoms with van der Waals surface area (Å²) in [6.45, 7) is 1.72. The van der Waals surface area contributed by atoms with Crippen molar-refractivity contribution in [1.82, 2.24) is 14.8 Å². The quantitative estimate of drug-likeness (QED) is 0.807. The van der Waals surface area contributed by atoms with Crippen molar-refractivity contribution in [1.29, 1.82) is 0 Å². The van der Waals surface area contributed by atoms with Gasteiger partial charge in [-0.2, -0.15) is 0 Å². The lowest BCUT2D eigenvalue weighted by atomic mass is 10.0. The van der Waals surface area contributed by atoms with Crippen LogP contribution in [0.5, 0.6) is 5.75 Å². The van der Waals surface area contributed by atoms with Crippen LogP contribution >= 0.6 is 0 Å². The number of pyridine rings is 1. The molecular formula is C20H20FN3O3. The number of hydrogen-bond donors (Lipinski definition) is 0. The molecule has 4 rings (SSSR count). The van der Waals surface area contributed by atoms with Crippen LogP contribution in [0.2, 0.25) is 0 Å². The second-order valence-electron chi connectivity index (χ2n) is 6.95. The van der Waals surface area contributed by atoms with Gasteiger partial charge in [-0.3, -0.25) is 14.6 Å². The topological polar surface area (TPSA) is 62.7 Å². The molecular weight excluding hydrogens is 349 g/mol. The number of hydrogen-bond acceptors (Lipinski definition) is 4. The van der Waals surface area contributed by atoms with Crippen molar-refractivity contribution >= 4 is 11.8 Å². The van der Waals surface area contributed by atoms with E-state index in [0.717, 1.165) is 5.56 Å². The maximum Gasteiger partial charge on any atom is 0.228 e. The molecule has 1 aromatic carbocycles. The first kappa shape index (κ1) is 17.5. The Balaban J connectivity index is 1.28. The molecule has 140 valence electrons. The summed E-state index contributed by atoms with van der Waals surface area (Å²) < 4.78 is 19.2. The average Bonchev–Trinajstić information content (AvgIpc) is 3.00. The lowest BCUT2D eigenvalue weighted by Gasteiger charge is -2.40. The molecule has 1 atom stereocenters. The molecule has 0 radical (unpaired) electrons. The zero-order valence-electron chi connectivity index (χ0n) is 14.8. The van der Waals surface area contributed by atoms with Gasteiger partial charge in [0.25, 0.3) is 0 Å². The predicted octanol–water partition coefficient (Wildman–Crippen LogP) is 1.86. The number of halogens is 1. The average molecular weight is 369 g/mol. The largest absolute Gasteiger partial charge is 0.484 e. The first-order valence-corrected chi connectivity index (χ1v) is 8.97. The number of ether oxygens (including phenoxy) is 1. The number of amides is 2. The molecule has 27 heavy (non-hydrogen) atoms. The summed E-state index contributed by atoms with van der Waals surface area (Å²) in [5.74, 6) is -0.589. The molecule has 2 aliphatic heterocycles. The van der Waals surface area contributed by atoms with E-state index in [1.807, 2.05) is 12.1 Å². The lowest BCUT2D eigenvalue weighted by molar-refractivity contribution is -0.144. The Bertz CT molecular complexity index is 839. The van der Waals surface area contributed by atoms with Crippen LogP contribution in [0.25, 0.3) is 0 Å². The van der Waals surface area contributed by atoms with Crippen LogP contribution in [0.1, 0.15) is 12.0 Å². The third kappa shape index (κ3) is 3.77. The molecule has 0 bridgehead atoms. The van der Waals surface area contributed by atoms with Gasteiger partial charge in [-0.05, 0) is 23.8 Å². The first-order valence-electron chi connectivity index (χ1n) is 8.97. The van der Waals surface area contributed by atoms with Gasteiger partial charge in [0.15, 0.2) is 11.6 Å². The molecule has 2 aliphatic rings. The van der Waals surface area contributed by atoms with E-state index >= 15 is 0 Å². The van der Waals surface area contributed by atoms with E-state index in [4.69, 9.17) is 4.74 Å². The number of benzene rings is 1. The van der Waals surface area contributed by atoms with Crippen molar-refractivity contribution in [2.45, 2.75) is 19.1 Å². The summed E-state index contributed by atoms with van der Waals surface area (Å²) in [4.78, 5) is 32.3. The SMILES string of the molecule is O=C1C[C@H](C(=O)N2CC(Oc3ccccc3F)C2)CN1Cc1cccnc1. The standard InChI is InChI=1S/C20H20FN3O3/c21-17-5-1-2-6-18(17)27-16-12-24(13-16)20(26)15-8-19(25)23(11-15)10-14-4-3-7-22-9-14/h1-7,9,15-16H,8,10-13H2/t15-/m0/s1. The highest BCUT2D eigenvalue weighted by Gasteiger charge is 2.41. The van der Waals surface area contributed by atoms with Gasteiger partial charge < -0.3 is 14.5 Å². The highest BCUT2D eigenvalue weighted by molar-refractivity contribution is 5.89. The smallest absolute Gasteiger partial charge is 0.228 e. The van der Waals surface area contributed by atoms with Gasteiger partial charge in [-0.25, -0.2) is 4.39 Å². The van der Waals surface area contributed by atoms with Crippen LogP contribution in [0.3, 0.4) is 0 Å². The summed E-state index contributed by atoms with van der Waals surface area (Å²) in [5.41, 5.74) is 0.946. The first-order chi connectivity index (χ1) is 13.1. The van der Waals surface area contributed by atoms with Crippen LogP contribution in [0.4, 0.5) is 4.39 Å². The van der Waals surface area contributed by atoms with Crippen molar-refractivity contribution in [2.75, 3.05) is 19.6 Å². The molecule has 2 saturated heterocycles. The minimum absolute atomic E-state index is 0.0168. The zero-order valence-corrected chi connectivity index (χ0v) is 14.8. The van der Waals surface area contributed by atoms with Gasteiger partial charge in [0.05, 0.1) is 19.0 Å². The molecule has 0 unspecified atom stereocenters. The second kappa shape index (κ2) is 7.34. The summed E-state index contributed by atoms with van der Waals surface area (Å²) in [7, 11) is 0. The Kier molecular flexibility index (Phi) is 4.75. The molecule has 2 amide bonds. The molecule has 1 aromatic heterocycles. The zero-order chi connectivity index (χ0) is 18.8. The molecule has 0 spiro atoms. The molecule has 0 N–H and O–H groups in total. The number of carbonyl (C=O) groups excluding carboxylic acids is 2. The number of rotatable bonds is 5. The van der Waals surface area contributed by atoms with Gasteiger partial charge in [-0.1, -0.05) is 18.2 Å². The lowest BCUT2D eigenvalue weighted by Crippen LogP contribution is -2.57. The summed E-state index contributed by atoms with van der Waals surface area (Å²) >= 11 is 0. The van der Waals surface area contributed by atoms with Crippen molar-refractivity contribution in [3.63, 3.8) is 0 Å². The van der Waals surface area contributed by atoms with Crippen LogP contribution in [-0.4, -0.2) is 52.3 Å². The van der Waals surface area contributed by atoms with Gasteiger partial charge >= 0.3 is 0 Å². The molecule has 3 heterocycles. The maximum atomic E-state index is 13.6. The van der Waals surface area contributed by atoms with E-state index < -0.39 is 5.82 Å². The number of likely N-dealkylation sites (tertiary alicyclic amines) is 2. The van der Waals surface area contributed by atoms with E-state index in [1.165, 1.54) is 6.07 Å². The Hall–Kier alpha value is -2.96. The molecule has 6 nitrogen and oxygen atoms in total. The molecule has 2 fully saturated rings. The van der Waals surface area contributed by atoms with Gasteiger partial charge in [0, 0.05) is 31.9 Å². The normalized spacial score (nSPS) is 19.9. The Morgan fingerprint density at radius 1 is 1.19 bits per heavy atom. The van der Waals surface area contributed by atoms with Gasteiger partial charge in [-0.15, -0.1) is 0 Å². The summed E-state index contributed by atoms with van der Waals surface area (Å²) in [6, 6.07) is 9.97.